The largest absolute Gasteiger partial charge is 0.342 e. The number of carbonyl (C=O) groups is 1. The van der Waals surface area contributed by atoms with Crippen molar-refractivity contribution in [1.29, 1.82) is 0 Å². The van der Waals surface area contributed by atoms with Gasteiger partial charge in [-0.25, -0.2) is 8.42 Å². The fourth-order valence-electron chi connectivity index (χ4n) is 4.09. The summed E-state index contributed by atoms with van der Waals surface area (Å²) in [5.41, 5.74) is 0.801. The van der Waals surface area contributed by atoms with Gasteiger partial charge in [-0.2, -0.15) is 9.40 Å². The van der Waals surface area contributed by atoms with Crippen molar-refractivity contribution in [2.75, 3.05) is 26.2 Å². The highest BCUT2D eigenvalue weighted by Gasteiger charge is 2.43. The molecule has 0 bridgehead atoms. The molecule has 2 aliphatic rings. The van der Waals surface area contributed by atoms with Gasteiger partial charge < -0.3 is 4.90 Å². The Labute approximate surface area is 150 Å². The molecule has 0 aliphatic carbocycles. The van der Waals surface area contributed by atoms with Gasteiger partial charge in [0.2, 0.25) is 5.91 Å². The van der Waals surface area contributed by atoms with E-state index >= 15 is 0 Å². The summed E-state index contributed by atoms with van der Waals surface area (Å²) in [7, 11) is -3.52. The Bertz CT molecular complexity index is 748. The van der Waals surface area contributed by atoms with Gasteiger partial charge in [0.15, 0.2) is 5.03 Å². The first-order valence-corrected chi connectivity index (χ1v) is 10.6. The molecule has 2 aliphatic heterocycles. The third kappa shape index (κ3) is 3.33. The lowest BCUT2D eigenvalue weighted by Gasteiger charge is -2.46. The average molecular weight is 369 g/mol. The number of sulfonamides is 1. The second-order valence-electron chi connectivity index (χ2n) is 7.25. The molecule has 3 heterocycles. The SMILES string of the molecule is CCN1CC2(CCC1=O)CCN(S(=O)(=O)c1cc(C)nn1CC)CC2. The molecule has 0 aromatic carbocycles. The smallest absolute Gasteiger partial charge is 0.260 e. The van der Waals surface area contributed by atoms with Crippen LogP contribution >= 0.6 is 0 Å². The van der Waals surface area contributed by atoms with Crippen LogP contribution in [0.15, 0.2) is 11.1 Å². The molecule has 1 aromatic heterocycles. The van der Waals surface area contributed by atoms with Crippen LogP contribution in [0, 0.1) is 12.3 Å². The third-order valence-electron chi connectivity index (χ3n) is 5.68. The van der Waals surface area contributed by atoms with Crippen LogP contribution in [0.5, 0.6) is 0 Å². The van der Waals surface area contributed by atoms with Gasteiger partial charge in [-0.1, -0.05) is 0 Å². The highest BCUT2D eigenvalue weighted by molar-refractivity contribution is 7.89. The monoisotopic (exact) mass is 368 g/mol. The maximum atomic E-state index is 13.0. The summed E-state index contributed by atoms with van der Waals surface area (Å²) < 4.78 is 29.2. The van der Waals surface area contributed by atoms with Crippen molar-refractivity contribution in [1.82, 2.24) is 19.0 Å². The van der Waals surface area contributed by atoms with E-state index in [9.17, 15) is 13.2 Å². The Kier molecular flexibility index (Phi) is 4.94. The zero-order chi connectivity index (χ0) is 18.2. The van der Waals surface area contributed by atoms with E-state index in [0.29, 0.717) is 26.1 Å². The molecule has 0 saturated carbocycles. The minimum atomic E-state index is -3.52. The zero-order valence-electron chi connectivity index (χ0n) is 15.4. The maximum absolute atomic E-state index is 13.0. The van der Waals surface area contributed by atoms with E-state index in [0.717, 1.165) is 38.0 Å². The van der Waals surface area contributed by atoms with E-state index in [1.165, 1.54) is 0 Å². The molecule has 0 atom stereocenters. The number of rotatable bonds is 4. The molecule has 1 amide bonds. The van der Waals surface area contributed by atoms with E-state index < -0.39 is 10.0 Å². The number of nitrogens with zero attached hydrogens (tertiary/aromatic N) is 4. The van der Waals surface area contributed by atoms with Crippen molar-refractivity contribution in [3.63, 3.8) is 0 Å². The highest BCUT2D eigenvalue weighted by atomic mass is 32.2. The van der Waals surface area contributed by atoms with Crippen molar-refractivity contribution < 1.29 is 13.2 Å². The molecule has 8 heteroatoms. The highest BCUT2D eigenvalue weighted by Crippen LogP contribution is 2.41. The first-order valence-electron chi connectivity index (χ1n) is 9.14. The fourth-order valence-corrected chi connectivity index (χ4v) is 5.77. The molecule has 2 saturated heterocycles. The number of aromatic nitrogens is 2. The second-order valence-corrected chi connectivity index (χ2v) is 9.14. The number of amides is 1. The molecule has 1 spiro atoms. The number of hydrogen-bond acceptors (Lipinski definition) is 4. The van der Waals surface area contributed by atoms with Crippen molar-refractivity contribution >= 4 is 15.9 Å². The van der Waals surface area contributed by atoms with Crippen molar-refractivity contribution in [2.24, 2.45) is 5.41 Å². The Morgan fingerprint density at radius 1 is 1.16 bits per heavy atom. The molecule has 7 nitrogen and oxygen atoms in total. The first-order chi connectivity index (χ1) is 11.8. The van der Waals surface area contributed by atoms with Gasteiger partial charge in [0, 0.05) is 39.1 Å². The quantitative estimate of drug-likeness (QED) is 0.809. The Balaban J connectivity index is 1.74. The molecule has 0 radical (unpaired) electrons. The fraction of sp³-hybridized carbons (Fsp3) is 0.765. The molecule has 2 fully saturated rings. The van der Waals surface area contributed by atoms with Crippen LogP contribution in [-0.4, -0.2) is 59.5 Å². The molecule has 0 unspecified atom stereocenters. The van der Waals surface area contributed by atoms with Crippen LogP contribution in [0.2, 0.25) is 0 Å². The lowest BCUT2D eigenvalue weighted by atomic mass is 9.73. The lowest BCUT2D eigenvalue weighted by Crippen LogP contribution is -2.52. The minimum Gasteiger partial charge on any atom is -0.342 e. The van der Waals surface area contributed by atoms with E-state index in [1.807, 2.05) is 25.7 Å². The summed E-state index contributed by atoms with van der Waals surface area (Å²) >= 11 is 0. The van der Waals surface area contributed by atoms with Gasteiger partial charge in [0.25, 0.3) is 10.0 Å². The van der Waals surface area contributed by atoms with E-state index in [4.69, 9.17) is 0 Å². The van der Waals surface area contributed by atoms with E-state index in [2.05, 4.69) is 5.10 Å². The van der Waals surface area contributed by atoms with Crippen molar-refractivity contribution in [3.05, 3.63) is 11.8 Å². The van der Waals surface area contributed by atoms with Crippen molar-refractivity contribution in [3.8, 4) is 0 Å². The summed E-state index contributed by atoms with van der Waals surface area (Å²) in [6, 6.07) is 1.65. The van der Waals surface area contributed by atoms with Gasteiger partial charge in [0.1, 0.15) is 0 Å². The van der Waals surface area contributed by atoms with Crippen LogP contribution < -0.4 is 0 Å². The first kappa shape index (κ1) is 18.4. The van der Waals surface area contributed by atoms with Crippen LogP contribution in [0.4, 0.5) is 0 Å². The Morgan fingerprint density at radius 3 is 2.44 bits per heavy atom. The molecular weight excluding hydrogens is 340 g/mol. The Morgan fingerprint density at radius 2 is 1.84 bits per heavy atom. The van der Waals surface area contributed by atoms with Gasteiger partial charge >= 0.3 is 0 Å². The predicted molar refractivity (Wildman–Crippen MR) is 94.6 cm³/mol. The second kappa shape index (κ2) is 6.72. The summed E-state index contributed by atoms with van der Waals surface area (Å²) in [6.07, 6.45) is 3.09. The van der Waals surface area contributed by atoms with Crippen LogP contribution in [0.3, 0.4) is 0 Å². The third-order valence-corrected chi connectivity index (χ3v) is 7.58. The molecule has 3 rings (SSSR count). The van der Waals surface area contributed by atoms with Gasteiger partial charge in [-0.05, 0) is 51.5 Å². The molecule has 0 N–H and O–H groups in total. The van der Waals surface area contributed by atoms with E-state index in [1.54, 1.807) is 15.1 Å². The molecule has 25 heavy (non-hydrogen) atoms. The average Bonchev–Trinajstić information content (AvgIpc) is 2.99. The van der Waals surface area contributed by atoms with Gasteiger partial charge in [0.05, 0.1) is 5.69 Å². The number of carbonyl (C=O) groups excluding carboxylic acids is 1. The summed E-state index contributed by atoms with van der Waals surface area (Å²) in [5.74, 6) is 0.227. The molecular formula is C17H28N4O3S. The zero-order valence-corrected chi connectivity index (χ0v) is 16.2. The topological polar surface area (TPSA) is 75.5 Å². The number of likely N-dealkylation sites (tertiary alicyclic amines) is 1. The summed E-state index contributed by atoms with van der Waals surface area (Å²) in [6.45, 7) is 8.78. The van der Waals surface area contributed by atoms with Gasteiger partial charge in [-0.3, -0.25) is 9.48 Å². The number of piperidine rings is 2. The minimum absolute atomic E-state index is 0.0802. The van der Waals surface area contributed by atoms with Crippen LogP contribution in [0.25, 0.3) is 0 Å². The number of hydrogen-bond donors (Lipinski definition) is 0. The predicted octanol–water partition coefficient (Wildman–Crippen LogP) is 1.62. The number of aryl methyl sites for hydroxylation is 2. The standard InChI is InChI=1S/C17H28N4O3S/c1-4-19-13-17(7-6-15(19)22)8-10-20(11-9-17)25(23,24)16-12-14(3)18-21(16)5-2/h12H,4-11,13H2,1-3H3. The summed E-state index contributed by atoms with van der Waals surface area (Å²) in [5, 5.41) is 4.56. The lowest BCUT2D eigenvalue weighted by molar-refractivity contribution is -0.138. The van der Waals surface area contributed by atoms with Gasteiger partial charge in [-0.15, -0.1) is 0 Å². The molecule has 140 valence electrons. The van der Waals surface area contributed by atoms with Crippen LogP contribution in [-0.2, 0) is 21.4 Å². The Hall–Kier alpha value is -1.41. The summed E-state index contributed by atoms with van der Waals surface area (Å²) in [4.78, 5) is 13.9. The van der Waals surface area contributed by atoms with E-state index in [-0.39, 0.29) is 16.3 Å². The van der Waals surface area contributed by atoms with Crippen LogP contribution in [0.1, 0.15) is 45.2 Å². The molecule has 1 aromatic rings. The van der Waals surface area contributed by atoms with Crippen molar-refractivity contribution in [2.45, 2.75) is 58.0 Å². The normalized spacial score (nSPS) is 21.9. The maximum Gasteiger partial charge on any atom is 0.260 e.